The van der Waals surface area contributed by atoms with Crippen molar-refractivity contribution in [2.75, 3.05) is 18.9 Å². The Labute approximate surface area is 123 Å². The maximum absolute atomic E-state index is 13.4. The maximum atomic E-state index is 13.4. The van der Waals surface area contributed by atoms with E-state index in [4.69, 9.17) is 0 Å². The molecule has 0 aliphatic carbocycles. The Hall–Kier alpha value is -2.21. The molecule has 5 nitrogen and oxygen atoms in total. The van der Waals surface area contributed by atoms with Crippen molar-refractivity contribution in [2.45, 2.75) is 20.4 Å². The highest BCUT2D eigenvalue weighted by Gasteiger charge is 2.11. The zero-order valence-corrected chi connectivity index (χ0v) is 12.4. The number of nitrogens with zero attached hydrogens (tertiary/aromatic N) is 2. The maximum Gasteiger partial charge on any atom is 0.238 e. The summed E-state index contributed by atoms with van der Waals surface area (Å²) in [4.78, 5) is 21.1. The molecule has 2 N–H and O–H groups in total. The van der Waals surface area contributed by atoms with Crippen molar-refractivity contribution < 1.29 is 9.18 Å². The molecule has 0 atom stereocenters. The minimum atomic E-state index is -0.327. The number of aryl methyl sites for hydroxylation is 1. The third-order valence-electron chi connectivity index (χ3n) is 3.13. The van der Waals surface area contributed by atoms with Gasteiger partial charge in [-0.25, -0.2) is 9.37 Å². The van der Waals surface area contributed by atoms with E-state index in [1.165, 1.54) is 6.07 Å². The molecule has 112 valence electrons. The van der Waals surface area contributed by atoms with Gasteiger partial charge in [0.2, 0.25) is 5.91 Å². The molecule has 1 aromatic carbocycles. The lowest BCUT2D eigenvalue weighted by Crippen LogP contribution is -2.30. The molecule has 0 unspecified atom stereocenters. The van der Waals surface area contributed by atoms with E-state index < -0.39 is 0 Å². The van der Waals surface area contributed by atoms with Gasteiger partial charge in [-0.3, -0.25) is 9.69 Å². The molecule has 2 aromatic rings. The number of anilines is 1. The number of aromatic amines is 1. The van der Waals surface area contributed by atoms with Crippen LogP contribution >= 0.6 is 0 Å². The summed E-state index contributed by atoms with van der Waals surface area (Å²) in [5, 5.41) is 2.72. The predicted molar refractivity (Wildman–Crippen MR) is 79.4 cm³/mol. The van der Waals surface area contributed by atoms with Crippen molar-refractivity contribution in [3.05, 3.63) is 47.3 Å². The quantitative estimate of drug-likeness (QED) is 0.887. The molecule has 0 fully saturated rings. The van der Waals surface area contributed by atoms with E-state index in [1.807, 2.05) is 18.9 Å². The Kier molecular flexibility index (Phi) is 4.70. The van der Waals surface area contributed by atoms with Crippen LogP contribution in [-0.2, 0) is 11.3 Å². The first-order valence-corrected chi connectivity index (χ1v) is 6.69. The molecular weight excluding hydrogens is 271 g/mol. The number of amides is 1. The molecule has 0 bridgehead atoms. The molecule has 0 spiro atoms. The number of aromatic nitrogens is 2. The fourth-order valence-corrected chi connectivity index (χ4v) is 2.04. The predicted octanol–water partition coefficient (Wildman–Crippen LogP) is 2.24. The van der Waals surface area contributed by atoms with Crippen LogP contribution < -0.4 is 5.32 Å². The second-order valence-electron chi connectivity index (χ2n) is 5.15. The van der Waals surface area contributed by atoms with Gasteiger partial charge in [-0.1, -0.05) is 6.07 Å². The summed E-state index contributed by atoms with van der Waals surface area (Å²) in [5.41, 5.74) is 1.93. The number of H-pyrrole nitrogens is 1. The van der Waals surface area contributed by atoms with Gasteiger partial charge in [0.25, 0.3) is 0 Å². The van der Waals surface area contributed by atoms with Crippen molar-refractivity contribution in [1.82, 2.24) is 14.9 Å². The molecule has 0 saturated carbocycles. The van der Waals surface area contributed by atoms with Crippen LogP contribution in [0.5, 0.6) is 0 Å². The summed E-state index contributed by atoms with van der Waals surface area (Å²) in [6.07, 6.45) is 1.75. The summed E-state index contributed by atoms with van der Waals surface area (Å²) in [7, 11) is 1.83. The first-order chi connectivity index (χ1) is 9.95. The Morgan fingerprint density at radius 2 is 2.19 bits per heavy atom. The Morgan fingerprint density at radius 3 is 2.86 bits per heavy atom. The fraction of sp³-hybridized carbons (Fsp3) is 0.333. The summed E-state index contributed by atoms with van der Waals surface area (Å²) < 4.78 is 13.4. The number of rotatable bonds is 5. The summed E-state index contributed by atoms with van der Waals surface area (Å²) in [6.45, 7) is 4.31. The molecule has 0 radical (unpaired) electrons. The van der Waals surface area contributed by atoms with Crippen LogP contribution in [0.25, 0.3) is 0 Å². The van der Waals surface area contributed by atoms with Gasteiger partial charge in [0.15, 0.2) is 0 Å². The van der Waals surface area contributed by atoms with Crippen LogP contribution in [-0.4, -0.2) is 34.4 Å². The minimum absolute atomic E-state index is 0.186. The largest absolute Gasteiger partial charge is 0.345 e. The second-order valence-corrected chi connectivity index (χ2v) is 5.15. The van der Waals surface area contributed by atoms with E-state index in [0.29, 0.717) is 17.8 Å². The van der Waals surface area contributed by atoms with Crippen LogP contribution in [0.3, 0.4) is 0 Å². The molecule has 0 aliphatic heterocycles. The van der Waals surface area contributed by atoms with Gasteiger partial charge in [-0.05, 0) is 33.0 Å². The highest BCUT2D eigenvalue weighted by atomic mass is 19.1. The number of benzene rings is 1. The van der Waals surface area contributed by atoms with E-state index in [2.05, 4.69) is 15.3 Å². The van der Waals surface area contributed by atoms with E-state index in [9.17, 15) is 9.18 Å². The molecule has 0 aliphatic rings. The molecule has 6 heteroatoms. The number of carbonyl (C=O) groups is 1. The van der Waals surface area contributed by atoms with Gasteiger partial charge in [0, 0.05) is 23.1 Å². The van der Waals surface area contributed by atoms with Gasteiger partial charge in [0.1, 0.15) is 11.6 Å². The van der Waals surface area contributed by atoms with Gasteiger partial charge >= 0.3 is 0 Å². The number of imidazole rings is 1. The molecule has 21 heavy (non-hydrogen) atoms. The number of halogens is 1. The van der Waals surface area contributed by atoms with Gasteiger partial charge in [-0.15, -0.1) is 0 Å². The SMILES string of the molecule is Cc1cnc(CN(C)CC(=O)Nc2cccc(F)c2C)[nH]1. The first kappa shape index (κ1) is 15.2. The number of hydrogen-bond donors (Lipinski definition) is 2. The topological polar surface area (TPSA) is 61.0 Å². The van der Waals surface area contributed by atoms with E-state index in [-0.39, 0.29) is 18.3 Å². The standard InChI is InChI=1S/C15H19FN4O/c1-10-7-17-14(18-10)8-20(3)9-15(21)19-13-6-4-5-12(16)11(13)2/h4-7H,8-9H2,1-3H3,(H,17,18)(H,19,21). The molecule has 1 heterocycles. The number of hydrogen-bond acceptors (Lipinski definition) is 3. The van der Waals surface area contributed by atoms with Gasteiger partial charge < -0.3 is 10.3 Å². The third-order valence-corrected chi connectivity index (χ3v) is 3.13. The van der Waals surface area contributed by atoms with Crippen molar-refractivity contribution >= 4 is 11.6 Å². The Morgan fingerprint density at radius 1 is 1.43 bits per heavy atom. The van der Waals surface area contributed by atoms with Crippen LogP contribution in [0.4, 0.5) is 10.1 Å². The Bertz CT molecular complexity index is 638. The summed E-state index contributed by atoms with van der Waals surface area (Å²) in [6, 6.07) is 4.63. The number of carbonyl (C=O) groups excluding carboxylic acids is 1. The second kappa shape index (κ2) is 6.49. The average Bonchev–Trinajstić information content (AvgIpc) is 2.80. The lowest BCUT2D eigenvalue weighted by molar-refractivity contribution is -0.117. The smallest absolute Gasteiger partial charge is 0.238 e. The molecule has 1 amide bonds. The van der Waals surface area contributed by atoms with E-state index >= 15 is 0 Å². The number of nitrogens with one attached hydrogen (secondary N) is 2. The lowest BCUT2D eigenvalue weighted by Gasteiger charge is -2.15. The van der Waals surface area contributed by atoms with Crippen molar-refractivity contribution in [3.63, 3.8) is 0 Å². The van der Waals surface area contributed by atoms with Crippen LogP contribution in [0, 0.1) is 19.7 Å². The van der Waals surface area contributed by atoms with Gasteiger partial charge in [0.05, 0.1) is 13.1 Å². The average molecular weight is 290 g/mol. The van der Waals surface area contributed by atoms with Crippen molar-refractivity contribution in [2.24, 2.45) is 0 Å². The highest BCUT2D eigenvalue weighted by Crippen LogP contribution is 2.17. The molecule has 1 aromatic heterocycles. The lowest BCUT2D eigenvalue weighted by atomic mass is 10.2. The first-order valence-electron chi connectivity index (χ1n) is 6.69. The molecule has 0 saturated heterocycles. The number of likely N-dealkylation sites (N-methyl/N-ethyl adjacent to an activating group) is 1. The van der Waals surface area contributed by atoms with Crippen LogP contribution in [0.2, 0.25) is 0 Å². The molecule has 2 rings (SSSR count). The zero-order chi connectivity index (χ0) is 15.4. The van der Waals surface area contributed by atoms with Crippen molar-refractivity contribution in [3.8, 4) is 0 Å². The third kappa shape index (κ3) is 4.13. The molecular formula is C15H19FN4O. The minimum Gasteiger partial charge on any atom is -0.345 e. The van der Waals surface area contributed by atoms with Crippen LogP contribution in [0.1, 0.15) is 17.1 Å². The highest BCUT2D eigenvalue weighted by molar-refractivity contribution is 5.92. The van der Waals surface area contributed by atoms with Crippen LogP contribution in [0.15, 0.2) is 24.4 Å². The summed E-state index contributed by atoms with van der Waals surface area (Å²) >= 11 is 0. The monoisotopic (exact) mass is 290 g/mol. The Balaban J connectivity index is 1.90. The normalized spacial score (nSPS) is 10.9. The van der Waals surface area contributed by atoms with Crippen molar-refractivity contribution in [1.29, 1.82) is 0 Å². The zero-order valence-electron chi connectivity index (χ0n) is 12.4. The van der Waals surface area contributed by atoms with Gasteiger partial charge in [-0.2, -0.15) is 0 Å². The fourth-order valence-electron chi connectivity index (χ4n) is 2.04. The van der Waals surface area contributed by atoms with E-state index in [0.717, 1.165) is 11.5 Å². The van der Waals surface area contributed by atoms with E-state index in [1.54, 1.807) is 25.3 Å². The summed E-state index contributed by atoms with van der Waals surface area (Å²) in [5.74, 6) is 0.298.